The second kappa shape index (κ2) is 6.32. The predicted molar refractivity (Wildman–Crippen MR) is 82.3 cm³/mol. The van der Waals surface area contributed by atoms with Crippen molar-refractivity contribution in [3.05, 3.63) is 29.8 Å². The molecule has 1 unspecified atom stereocenters. The first-order chi connectivity index (χ1) is 9.67. The lowest BCUT2D eigenvalue weighted by atomic mass is 9.99. The van der Waals surface area contributed by atoms with Gasteiger partial charge in [0.1, 0.15) is 0 Å². The lowest BCUT2D eigenvalue weighted by molar-refractivity contribution is 0.0683. The number of carbonyl (C=O) groups is 1. The second-order valence-electron chi connectivity index (χ2n) is 5.09. The maximum absolute atomic E-state index is 12.7. The minimum absolute atomic E-state index is 0.0180. The molecule has 1 fully saturated rings. The van der Waals surface area contributed by atoms with E-state index in [-0.39, 0.29) is 5.91 Å². The predicted octanol–water partition coefficient (Wildman–Crippen LogP) is 2.60. The molecule has 0 aliphatic carbocycles. The Labute approximate surface area is 119 Å². The van der Waals surface area contributed by atoms with Crippen molar-refractivity contribution >= 4 is 25.0 Å². The molecule has 0 N–H and O–H groups in total. The van der Waals surface area contributed by atoms with Gasteiger partial charge in [0, 0.05) is 26.5 Å². The fourth-order valence-electron chi connectivity index (χ4n) is 2.57. The number of carbonyl (C=O) groups excluding carboxylic acids is 1. The van der Waals surface area contributed by atoms with E-state index in [1.54, 1.807) is 12.1 Å². The average molecular weight is 272 g/mol. The van der Waals surface area contributed by atoms with Crippen molar-refractivity contribution in [3.8, 4) is 0 Å². The van der Waals surface area contributed by atoms with E-state index in [4.69, 9.17) is 0 Å². The summed E-state index contributed by atoms with van der Waals surface area (Å²) >= 11 is 0. The van der Waals surface area contributed by atoms with Crippen molar-refractivity contribution in [1.82, 2.24) is 4.90 Å². The highest BCUT2D eigenvalue weighted by molar-refractivity contribution is 5.99. The summed E-state index contributed by atoms with van der Waals surface area (Å²) in [5.74, 6) is 0.565. The van der Waals surface area contributed by atoms with E-state index >= 15 is 0 Å². The second-order valence-corrected chi connectivity index (χ2v) is 5.09. The van der Waals surface area contributed by atoms with E-state index in [1.165, 1.54) is 11.5 Å². The van der Waals surface area contributed by atoms with Crippen LogP contribution in [0, 0.1) is 5.92 Å². The zero-order valence-corrected chi connectivity index (χ0v) is 11.8. The van der Waals surface area contributed by atoms with Gasteiger partial charge in [0.15, 0.2) is 0 Å². The zero-order chi connectivity index (χ0) is 14.5. The van der Waals surface area contributed by atoms with Crippen LogP contribution in [0.1, 0.15) is 30.1 Å². The van der Waals surface area contributed by atoms with Gasteiger partial charge >= 0.3 is 0 Å². The van der Waals surface area contributed by atoms with Crippen molar-refractivity contribution in [3.63, 3.8) is 0 Å². The first-order valence-corrected chi connectivity index (χ1v) is 6.79. The summed E-state index contributed by atoms with van der Waals surface area (Å²) in [7, 11) is 0. The lowest BCUT2D eigenvalue weighted by Crippen LogP contribution is -2.39. The third-order valence-electron chi connectivity index (χ3n) is 3.56. The van der Waals surface area contributed by atoms with Gasteiger partial charge in [0.2, 0.25) is 0 Å². The van der Waals surface area contributed by atoms with E-state index in [2.05, 4.69) is 30.6 Å². The summed E-state index contributed by atoms with van der Waals surface area (Å²) in [6.07, 6.45) is 2.23. The number of hydrogen-bond acceptors (Lipinski definition) is 4. The number of benzene rings is 1. The largest absolute Gasteiger partial charge is 0.338 e. The summed E-state index contributed by atoms with van der Waals surface area (Å²) in [5, 5.41) is 8.81. The molecule has 5 nitrogen and oxygen atoms in total. The van der Waals surface area contributed by atoms with Crippen LogP contribution < -0.4 is 5.12 Å². The highest BCUT2D eigenvalue weighted by atomic mass is 16.2. The number of anilines is 1. The average Bonchev–Trinajstić information content (AvgIpc) is 2.48. The van der Waals surface area contributed by atoms with Gasteiger partial charge < -0.3 is 4.90 Å². The molecule has 0 radical (unpaired) electrons. The molecule has 2 rings (SSSR count). The molecule has 20 heavy (non-hydrogen) atoms. The Bertz CT molecular complexity index is 506. The standard InChI is InChI=1S/C15H20N4O/c1-12-7-6-10-18(11-12)15(20)13-8-4-5-9-14(13)19(16-2)17-3/h4-5,8-9,12H,2-3,6-7,10-11H2,1H3. The van der Waals surface area contributed by atoms with Gasteiger partial charge in [0.05, 0.1) is 11.3 Å². The monoisotopic (exact) mass is 272 g/mol. The summed E-state index contributed by atoms with van der Waals surface area (Å²) in [4.78, 5) is 14.6. The summed E-state index contributed by atoms with van der Waals surface area (Å²) in [6, 6.07) is 7.27. The molecule has 0 saturated carbocycles. The van der Waals surface area contributed by atoms with Crippen LogP contribution in [0.4, 0.5) is 5.69 Å². The first-order valence-electron chi connectivity index (χ1n) is 6.79. The summed E-state index contributed by atoms with van der Waals surface area (Å²) < 4.78 is 0. The van der Waals surface area contributed by atoms with Crippen LogP contribution >= 0.6 is 0 Å². The Balaban J connectivity index is 2.29. The topological polar surface area (TPSA) is 48.3 Å². The first kappa shape index (κ1) is 14.2. The van der Waals surface area contributed by atoms with Crippen LogP contribution in [0.25, 0.3) is 0 Å². The van der Waals surface area contributed by atoms with Crippen LogP contribution in [-0.2, 0) is 0 Å². The highest BCUT2D eigenvalue weighted by Gasteiger charge is 2.24. The van der Waals surface area contributed by atoms with Gasteiger partial charge in [-0.3, -0.25) is 4.79 Å². The number of rotatable bonds is 4. The fourth-order valence-corrected chi connectivity index (χ4v) is 2.57. The summed E-state index contributed by atoms with van der Waals surface area (Å²) in [6.45, 7) is 10.7. The molecule has 106 valence electrons. The number of piperidine rings is 1. The molecule has 0 bridgehead atoms. The van der Waals surface area contributed by atoms with E-state index in [0.717, 1.165) is 19.5 Å². The van der Waals surface area contributed by atoms with Crippen molar-refractivity contribution in [2.75, 3.05) is 18.2 Å². The third-order valence-corrected chi connectivity index (χ3v) is 3.56. The number of hydrazone groups is 2. The van der Waals surface area contributed by atoms with Crippen LogP contribution in [0.15, 0.2) is 34.5 Å². The van der Waals surface area contributed by atoms with Crippen molar-refractivity contribution in [1.29, 1.82) is 0 Å². The van der Waals surface area contributed by atoms with Gasteiger partial charge in [-0.2, -0.15) is 15.3 Å². The number of amides is 1. The zero-order valence-electron chi connectivity index (χ0n) is 11.8. The minimum atomic E-state index is 0.0180. The van der Waals surface area contributed by atoms with E-state index in [0.29, 0.717) is 17.2 Å². The SMILES string of the molecule is C=NN(N=C)c1ccccc1C(=O)N1CCCC(C)C1. The molecule has 1 aromatic carbocycles. The molecule has 1 aliphatic rings. The Hall–Kier alpha value is -2.17. The van der Waals surface area contributed by atoms with E-state index in [1.807, 2.05) is 17.0 Å². The van der Waals surface area contributed by atoms with Crippen molar-refractivity contribution in [2.24, 2.45) is 16.1 Å². The molecule has 1 saturated heterocycles. The third kappa shape index (κ3) is 2.87. The van der Waals surface area contributed by atoms with Crippen molar-refractivity contribution in [2.45, 2.75) is 19.8 Å². The van der Waals surface area contributed by atoms with Gasteiger partial charge in [-0.05, 0) is 30.9 Å². The van der Waals surface area contributed by atoms with Crippen LogP contribution in [0.5, 0.6) is 0 Å². The maximum atomic E-state index is 12.7. The van der Waals surface area contributed by atoms with Gasteiger partial charge in [-0.25, -0.2) is 0 Å². The van der Waals surface area contributed by atoms with E-state index < -0.39 is 0 Å². The molecular formula is C15H20N4O. The number of nitrogens with zero attached hydrogens (tertiary/aromatic N) is 4. The molecule has 1 aliphatic heterocycles. The van der Waals surface area contributed by atoms with Crippen molar-refractivity contribution < 1.29 is 4.79 Å². The lowest BCUT2D eigenvalue weighted by Gasteiger charge is -2.31. The van der Waals surface area contributed by atoms with Crippen LogP contribution in [0.3, 0.4) is 0 Å². The molecule has 1 amide bonds. The molecule has 1 atom stereocenters. The Morgan fingerprint density at radius 1 is 1.35 bits per heavy atom. The minimum Gasteiger partial charge on any atom is -0.338 e. The number of hydrogen-bond donors (Lipinski definition) is 0. The van der Waals surface area contributed by atoms with E-state index in [9.17, 15) is 4.79 Å². The molecule has 1 heterocycles. The van der Waals surface area contributed by atoms with Crippen LogP contribution in [0.2, 0.25) is 0 Å². The molecule has 1 aromatic rings. The molecule has 0 aromatic heterocycles. The maximum Gasteiger partial charge on any atom is 0.256 e. The van der Waals surface area contributed by atoms with Crippen LogP contribution in [-0.4, -0.2) is 37.3 Å². The molecule has 5 heteroatoms. The highest BCUT2D eigenvalue weighted by Crippen LogP contribution is 2.25. The number of likely N-dealkylation sites (tertiary alicyclic amines) is 1. The smallest absolute Gasteiger partial charge is 0.256 e. The van der Waals surface area contributed by atoms with Gasteiger partial charge in [-0.15, -0.1) is 0 Å². The van der Waals surface area contributed by atoms with Gasteiger partial charge in [-0.1, -0.05) is 19.1 Å². The Morgan fingerprint density at radius 3 is 2.70 bits per heavy atom. The fraction of sp³-hybridized carbons (Fsp3) is 0.400. The summed E-state index contributed by atoms with van der Waals surface area (Å²) in [5.41, 5.74) is 1.20. The Morgan fingerprint density at radius 2 is 2.05 bits per heavy atom. The number of para-hydroxylation sites is 1. The van der Waals surface area contributed by atoms with Gasteiger partial charge in [0.25, 0.3) is 5.91 Å². The quantitative estimate of drug-likeness (QED) is 0.625. The normalized spacial score (nSPS) is 18.4. The Kier molecular flexibility index (Phi) is 4.50. The molecule has 0 spiro atoms. The molecular weight excluding hydrogens is 252 g/mol.